The van der Waals surface area contributed by atoms with E-state index in [0.717, 1.165) is 49.9 Å². The fourth-order valence-electron chi connectivity index (χ4n) is 3.92. The van der Waals surface area contributed by atoms with Crippen LogP contribution in [0.5, 0.6) is 0 Å². The number of piperidine rings is 2. The number of aliphatic hydroxyl groups is 1. The van der Waals surface area contributed by atoms with Gasteiger partial charge in [0.25, 0.3) is 5.91 Å². The van der Waals surface area contributed by atoms with Gasteiger partial charge in [0.1, 0.15) is 0 Å². The minimum Gasteiger partial charge on any atom is -0.393 e. The molecule has 2 fully saturated rings. The highest BCUT2D eigenvalue weighted by Crippen LogP contribution is 2.35. The largest absolute Gasteiger partial charge is 0.393 e. The molecule has 3 rings (SSSR count). The fourth-order valence-corrected chi connectivity index (χ4v) is 3.92. The van der Waals surface area contributed by atoms with Crippen molar-refractivity contribution < 1.29 is 9.90 Å². The summed E-state index contributed by atoms with van der Waals surface area (Å²) in [4.78, 5) is 15.0. The van der Waals surface area contributed by atoms with Crippen LogP contribution in [-0.4, -0.2) is 43.9 Å². The van der Waals surface area contributed by atoms with Crippen LogP contribution >= 0.6 is 0 Å². The zero-order chi connectivity index (χ0) is 15.0. The number of nitrogens with zero attached hydrogens (tertiary/aromatic N) is 3. The Bertz CT molecular complexity index is 512. The lowest BCUT2D eigenvalue weighted by molar-refractivity contribution is -0.0151. The van der Waals surface area contributed by atoms with Crippen LogP contribution in [-0.2, 0) is 6.54 Å². The van der Waals surface area contributed by atoms with Gasteiger partial charge in [-0.2, -0.15) is 5.10 Å². The molecule has 1 aromatic heterocycles. The molecule has 0 aliphatic carbocycles. The Morgan fingerprint density at radius 3 is 2.67 bits per heavy atom. The molecule has 116 valence electrons. The Morgan fingerprint density at radius 1 is 1.38 bits per heavy atom. The fraction of sp³-hybridized carbons (Fsp3) is 0.750. The topological polar surface area (TPSA) is 58.4 Å². The predicted octanol–water partition coefficient (Wildman–Crippen LogP) is 2.12. The van der Waals surface area contributed by atoms with Gasteiger partial charge in [0, 0.05) is 24.3 Å². The highest BCUT2D eigenvalue weighted by Gasteiger charge is 2.41. The van der Waals surface area contributed by atoms with Gasteiger partial charge in [0.05, 0.1) is 17.9 Å². The van der Waals surface area contributed by atoms with E-state index in [0.29, 0.717) is 0 Å². The summed E-state index contributed by atoms with van der Waals surface area (Å²) in [7, 11) is 0. The molecule has 2 bridgehead atoms. The molecule has 2 aliphatic rings. The SMILES string of the molecule is CCCn1ncc(C(=O)N2[C@@H]3CCC[C@H]2CC(O)C3)c1C. The van der Waals surface area contributed by atoms with Gasteiger partial charge < -0.3 is 10.0 Å². The summed E-state index contributed by atoms with van der Waals surface area (Å²) in [6, 6.07) is 0.405. The smallest absolute Gasteiger partial charge is 0.257 e. The van der Waals surface area contributed by atoms with Gasteiger partial charge in [0.2, 0.25) is 0 Å². The summed E-state index contributed by atoms with van der Waals surface area (Å²) in [5, 5.41) is 14.3. The van der Waals surface area contributed by atoms with Gasteiger partial charge in [-0.15, -0.1) is 0 Å². The number of hydrogen-bond acceptors (Lipinski definition) is 3. The lowest BCUT2D eigenvalue weighted by Crippen LogP contribution is -2.55. The Labute approximate surface area is 125 Å². The molecule has 5 heteroatoms. The van der Waals surface area contributed by atoms with Gasteiger partial charge in [-0.1, -0.05) is 6.92 Å². The molecule has 5 nitrogen and oxygen atoms in total. The Balaban J connectivity index is 1.84. The van der Waals surface area contributed by atoms with Crippen molar-refractivity contribution in [3.8, 4) is 0 Å². The van der Waals surface area contributed by atoms with Crippen molar-refractivity contribution in [3.05, 3.63) is 17.5 Å². The number of rotatable bonds is 3. The maximum Gasteiger partial charge on any atom is 0.257 e. The van der Waals surface area contributed by atoms with Crippen LogP contribution in [0.25, 0.3) is 0 Å². The molecule has 0 aromatic carbocycles. The number of hydrogen-bond donors (Lipinski definition) is 1. The molecule has 1 amide bonds. The van der Waals surface area contributed by atoms with Crippen LogP contribution < -0.4 is 0 Å². The third kappa shape index (κ3) is 2.59. The van der Waals surface area contributed by atoms with Gasteiger partial charge in [-0.3, -0.25) is 9.48 Å². The van der Waals surface area contributed by atoms with E-state index >= 15 is 0 Å². The molecule has 2 aliphatic heterocycles. The van der Waals surface area contributed by atoms with E-state index in [4.69, 9.17) is 0 Å². The molecular formula is C16H25N3O2. The second-order valence-corrected chi connectivity index (χ2v) is 6.44. The van der Waals surface area contributed by atoms with Gasteiger partial charge in [-0.05, 0) is 45.4 Å². The third-order valence-electron chi connectivity index (χ3n) is 4.95. The maximum atomic E-state index is 12.9. The Kier molecular flexibility index (Phi) is 4.02. The molecule has 3 atom stereocenters. The number of amides is 1. The monoisotopic (exact) mass is 291 g/mol. The van der Waals surface area contributed by atoms with Crippen LogP contribution in [0.15, 0.2) is 6.20 Å². The van der Waals surface area contributed by atoms with Crippen molar-refractivity contribution in [2.45, 2.75) is 77.1 Å². The molecule has 3 heterocycles. The summed E-state index contributed by atoms with van der Waals surface area (Å²) in [5.41, 5.74) is 1.70. The zero-order valence-electron chi connectivity index (χ0n) is 13.0. The number of carbonyl (C=O) groups is 1. The molecule has 0 radical (unpaired) electrons. The third-order valence-corrected chi connectivity index (χ3v) is 4.95. The number of carbonyl (C=O) groups excluding carboxylic acids is 1. The minimum absolute atomic E-state index is 0.108. The Hall–Kier alpha value is -1.36. The van der Waals surface area contributed by atoms with Gasteiger partial charge in [0.15, 0.2) is 0 Å². The van der Waals surface area contributed by atoms with Crippen molar-refractivity contribution in [3.63, 3.8) is 0 Å². The van der Waals surface area contributed by atoms with Crippen LogP contribution in [0.4, 0.5) is 0 Å². The van der Waals surface area contributed by atoms with Gasteiger partial charge >= 0.3 is 0 Å². The number of aliphatic hydroxyl groups excluding tert-OH is 1. The Morgan fingerprint density at radius 2 is 2.05 bits per heavy atom. The quantitative estimate of drug-likeness (QED) is 0.928. The molecule has 21 heavy (non-hydrogen) atoms. The average molecular weight is 291 g/mol. The van der Waals surface area contributed by atoms with E-state index in [2.05, 4.69) is 12.0 Å². The highest BCUT2D eigenvalue weighted by atomic mass is 16.3. The van der Waals surface area contributed by atoms with E-state index in [1.165, 1.54) is 6.42 Å². The van der Waals surface area contributed by atoms with Crippen LogP contribution in [0, 0.1) is 6.92 Å². The van der Waals surface area contributed by atoms with E-state index < -0.39 is 0 Å². The summed E-state index contributed by atoms with van der Waals surface area (Å²) >= 11 is 0. The van der Waals surface area contributed by atoms with Crippen LogP contribution in [0.2, 0.25) is 0 Å². The summed E-state index contributed by atoms with van der Waals surface area (Å²) in [5.74, 6) is 0.108. The second-order valence-electron chi connectivity index (χ2n) is 6.44. The second kappa shape index (κ2) is 5.79. The maximum absolute atomic E-state index is 12.9. The number of aryl methyl sites for hydroxylation is 1. The summed E-state index contributed by atoms with van der Waals surface area (Å²) in [6.07, 6.45) is 7.14. The average Bonchev–Trinajstić information content (AvgIpc) is 2.79. The molecule has 2 saturated heterocycles. The van der Waals surface area contributed by atoms with E-state index in [1.807, 2.05) is 16.5 Å². The van der Waals surface area contributed by atoms with Crippen LogP contribution in [0.3, 0.4) is 0 Å². The van der Waals surface area contributed by atoms with E-state index in [1.54, 1.807) is 6.20 Å². The first-order valence-corrected chi connectivity index (χ1v) is 8.15. The normalized spacial score (nSPS) is 28.7. The first-order chi connectivity index (χ1) is 10.1. The number of fused-ring (bicyclic) bond motifs is 2. The first kappa shape index (κ1) is 14.6. The standard InChI is InChI=1S/C16H25N3O2/c1-3-7-18-11(2)15(10-17-18)16(21)19-12-5-4-6-13(19)9-14(20)8-12/h10,12-14,20H,3-9H2,1-2H3/t12-,13+,14?. The van der Waals surface area contributed by atoms with Crippen molar-refractivity contribution in [1.82, 2.24) is 14.7 Å². The molecule has 1 aromatic rings. The summed E-state index contributed by atoms with van der Waals surface area (Å²) in [6.45, 7) is 4.94. The molecule has 1 N–H and O–H groups in total. The zero-order valence-corrected chi connectivity index (χ0v) is 13.0. The van der Waals surface area contributed by atoms with Gasteiger partial charge in [-0.25, -0.2) is 0 Å². The lowest BCUT2D eigenvalue weighted by Gasteiger charge is -2.47. The van der Waals surface area contributed by atoms with Crippen molar-refractivity contribution >= 4 is 5.91 Å². The molecule has 0 spiro atoms. The van der Waals surface area contributed by atoms with E-state index in [9.17, 15) is 9.90 Å². The first-order valence-electron chi connectivity index (χ1n) is 8.15. The summed E-state index contributed by atoms with van der Waals surface area (Å²) < 4.78 is 1.92. The molecule has 0 saturated carbocycles. The van der Waals surface area contributed by atoms with E-state index in [-0.39, 0.29) is 24.1 Å². The van der Waals surface area contributed by atoms with Crippen molar-refractivity contribution in [2.75, 3.05) is 0 Å². The lowest BCUT2D eigenvalue weighted by atomic mass is 9.82. The molecular weight excluding hydrogens is 266 g/mol. The highest BCUT2D eigenvalue weighted by molar-refractivity contribution is 5.95. The van der Waals surface area contributed by atoms with Crippen LogP contribution in [0.1, 0.15) is 61.5 Å². The number of aromatic nitrogens is 2. The molecule has 1 unspecified atom stereocenters. The minimum atomic E-state index is -0.242. The predicted molar refractivity (Wildman–Crippen MR) is 80.1 cm³/mol. The van der Waals surface area contributed by atoms with Crippen molar-refractivity contribution in [2.24, 2.45) is 0 Å². The van der Waals surface area contributed by atoms with Crippen molar-refractivity contribution in [1.29, 1.82) is 0 Å².